The summed E-state index contributed by atoms with van der Waals surface area (Å²) in [7, 11) is -3.62. The molecule has 2 aromatic carbocycles. The number of sulfonamides is 1. The van der Waals surface area contributed by atoms with Crippen molar-refractivity contribution in [3.05, 3.63) is 95.3 Å². The molecular weight excluding hydrogens is 434 g/mol. The van der Waals surface area contributed by atoms with Gasteiger partial charge in [-0.25, -0.2) is 13.1 Å². The van der Waals surface area contributed by atoms with Crippen LogP contribution < -0.4 is 4.72 Å². The van der Waals surface area contributed by atoms with Gasteiger partial charge in [-0.15, -0.1) is 0 Å². The fourth-order valence-corrected chi connectivity index (χ4v) is 4.71. The molecule has 1 unspecified atom stereocenters. The fourth-order valence-electron chi connectivity index (χ4n) is 3.39. The average Bonchev–Trinajstić information content (AvgIpc) is 2.84. The summed E-state index contributed by atoms with van der Waals surface area (Å²) in [5.74, 6) is -0.169. The number of aromatic nitrogens is 1. The predicted molar refractivity (Wildman–Crippen MR) is 130 cm³/mol. The number of carbonyl (C=O) groups excluding carboxylic acids is 1. The molecule has 0 aliphatic rings. The lowest BCUT2D eigenvalue weighted by Crippen LogP contribution is -2.32. The Hall–Kier alpha value is -3.03. The van der Waals surface area contributed by atoms with E-state index in [4.69, 9.17) is 0 Å². The quantitative estimate of drug-likeness (QED) is 0.476. The van der Waals surface area contributed by atoms with Crippen LogP contribution in [-0.2, 0) is 29.5 Å². The van der Waals surface area contributed by atoms with Crippen molar-refractivity contribution in [2.24, 2.45) is 0 Å². The molecule has 1 heterocycles. The Balaban J connectivity index is 1.83. The lowest BCUT2D eigenvalue weighted by Gasteiger charge is -2.23. The minimum atomic E-state index is -3.62. The summed E-state index contributed by atoms with van der Waals surface area (Å²) in [6.45, 7) is 6.68. The van der Waals surface area contributed by atoms with Crippen LogP contribution in [0.3, 0.4) is 0 Å². The highest BCUT2D eigenvalue weighted by Gasteiger charge is 2.20. The second-order valence-electron chi connectivity index (χ2n) is 8.15. The van der Waals surface area contributed by atoms with Gasteiger partial charge in [-0.3, -0.25) is 9.78 Å². The number of amides is 1. The van der Waals surface area contributed by atoms with Gasteiger partial charge in [0.25, 0.3) is 5.91 Å². The van der Waals surface area contributed by atoms with E-state index in [-0.39, 0.29) is 16.8 Å². The number of benzene rings is 2. The molecule has 0 radical (unpaired) electrons. The number of carbonyl (C=O) groups is 1. The molecule has 1 atom stereocenters. The second kappa shape index (κ2) is 11.2. The zero-order valence-electron chi connectivity index (χ0n) is 19.4. The number of hydrogen-bond acceptors (Lipinski definition) is 4. The van der Waals surface area contributed by atoms with Gasteiger partial charge in [-0.1, -0.05) is 44.2 Å². The summed E-state index contributed by atoms with van der Waals surface area (Å²) in [4.78, 5) is 19.5. The molecule has 3 aromatic rings. The van der Waals surface area contributed by atoms with Crippen LogP contribution in [0.25, 0.3) is 0 Å². The van der Waals surface area contributed by atoms with Crippen molar-refractivity contribution >= 4 is 15.9 Å². The van der Waals surface area contributed by atoms with E-state index in [9.17, 15) is 13.2 Å². The van der Waals surface area contributed by atoms with E-state index >= 15 is 0 Å². The molecule has 6 nitrogen and oxygen atoms in total. The molecule has 1 N–H and O–H groups in total. The first-order chi connectivity index (χ1) is 15.8. The highest BCUT2D eigenvalue weighted by atomic mass is 32.2. The molecule has 174 valence electrons. The van der Waals surface area contributed by atoms with Gasteiger partial charge in [-0.05, 0) is 66.8 Å². The smallest absolute Gasteiger partial charge is 0.254 e. The summed E-state index contributed by atoms with van der Waals surface area (Å²) < 4.78 is 27.7. The van der Waals surface area contributed by atoms with E-state index in [1.54, 1.807) is 29.4 Å². The highest BCUT2D eigenvalue weighted by molar-refractivity contribution is 7.89. The summed E-state index contributed by atoms with van der Waals surface area (Å²) in [6, 6.07) is 18.0. The van der Waals surface area contributed by atoms with Crippen molar-refractivity contribution in [1.29, 1.82) is 0 Å². The molecule has 1 aromatic heterocycles. The van der Waals surface area contributed by atoms with Gasteiger partial charge in [0.1, 0.15) is 0 Å². The Morgan fingerprint density at radius 3 is 2.15 bits per heavy atom. The molecule has 1 amide bonds. The zero-order chi connectivity index (χ0) is 23.8. The lowest BCUT2D eigenvalue weighted by molar-refractivity contribution is 0.0729. The SMILES string of the molecule is CCc1ccc(CN(Cc2cccnc2)C(=O)c2ccc(S(=O)(=O)NC(C)CC)cc2)cc1. The van der Waals surface area contributed by atoms with Crippen molar-refractivity contribution in [3.8, 4) is 0 Å². The van der Waals surface area contributed by atoms with Crippen molar-refractivity contribution in [2.45, 2.75) is 57.6 Å². The molecule has 3 rings (SSSR count). The first-order valence-corrected chi connectivity index (χ1v) is 12.7. The van der Waals surface area contributed by atoms with Crippen molar-refractivity contribution in [2.75, 3.05) is 0 Å². The van der Waals surface area contributed by atoms with Crippen LogP contribution >= 0.6 is 0 Å². The number of nitrogens with one attached hydrogen (secondary N) is 1. The lowest BCUT2D eigenvalue weighted by atomic mass is 10.1. The molecule has 0 spiro atoms. The Bertz CT molecular complexity index is 1150. The van der Waals surface area contributed by atoms with E-state index in [0.717, 1.165) is 17.5 Å². The standard InChI is InChI=1S/C26H31N3O3S/c1-4-20(3)28-33(31,32)25-14-12-24(13-15-25)26(30)29(19-23-7-6-16-27-17-23)18-22-10-8-21(5-2)9-11-22/h6-17,20,28H,4-5,18-19H2,1-3H3. The first kappa shape index (κ1) is 24.6. The van der Waals surface area contributed by atoms with Crippen LogP contribution in [0, 0.1) is 0 Å². The Labute approximate surface area is 196 Å². The molecule has 0 aliphatic heterocycles. The average molecular weight is 466 g/mol. The van der Waals surface area contributed by atoms with Crippen LogP contribution in [-0.4, -0.2) is 30.3 Å². The van der Waals surface area contributed by atoms with Crippen molar-refractivity contribution in [3.63, 3.8) is 0 Å². The van der Waals surface area contributed by atoms with Gasteiger partial charge >= 0.3 is 0 Å². The zero-order valence-corrected chi connectivity index (χ0v) is 20.2. The van der Waals surface area contributed by atoms with Crippen LogP contribution in [0.4, 0.5) is 0 Å². The topological polar surface area (TPSA) is 79.4 Å². The Kier molecular flexibility index (Phi) is 8.36. The van der Waals surface area contributed by atoms with E-state index in [0.29, 0.717) is 25.1 Å². The van der Waals surface area contributed by atoms with Crippen LogP contribution in [0.1, 0.15) is 54.2 Å². The summed E-state index contributed by atoms with van der Waals surface area (Å²) in [5, 5.41) is 0. The molecule has 0 aliphatic carbocycles. The maximum Gasteiger partial charge on any atom is 0.254 e. The first-order valence-electron chi connectivity index (χ1n) is 11.2. The van der Waals surface area contributed by atoms with Crippen LogP contribution in [0.5, 0.6) is 0 Å². The van der Waals surface area contributed by atoms with E-state index in [2.05, 4.69) is 28.8 Å². The minimum absolute atomic E-state index is 0.147. The van der Waals surface area contributed by atoms with Crippen molar-refractivity contribution < 1.29 is 13.2 Å². The fraction of sp³-hybridized carbons (Fsp3) is 0.308. The van der Waals surface area contributed by atoms with Gasteiger partial charge in [0, 0.05) is 37.1 Å². The maximum atomic E-state index is 13.4. The van der Waals surface area contributed by atoms with Gasteiger partial charge in [0.05, 0.1) is 4.90 Å². The monoisotopic (exact) mass is 465 g/mol. The molecule has 0 saturated heterocycles. The third-order valence-corrected chi connectivity index (χ3v) is 7.17. The van der Waals surface area contributed by atoms with Gasteiger partial charge in [0.2, 0.25) is 10.0 Å². The maximum absolute atomic E-state index is 13.4. The summed E-state index contributed by atoms with van der Waals surface area (Å²) in [6.07, 6.45) is 5.10. The minimum Gasteiger partial charge on any atom is -0.330 e. The van der Waals surface area contributed by atoms with Gasteiger partial charge in [0.15, 0.2) is 0 Å². The summed E-state index contributed by atoms with van der Waals surface area (Å²) >= 11 is 0. The normalized spacial score (nSPS) is 12.3. The third kappa shape index (κ3) is 6.73. The van der Waals surface area contributed by atoms with E-state index < -0.39 is 10.0 Å². The van der Waals surface area contributed by atoms with E-state index in [1.807, 2.05) is 38.1 Å². The van der Waals surface area contributed by atoms with Gasteiger partial charge < -0.3 is 4.90 Å². The largest absolute Gasteiger partial charge is 0.330 e. The molecule has 0 bridgehead atoms. The van der Waals surface area contributed by atoms with Crippen LogP contribution in [0.2, 0.25) is 0 Å². The van der Waals surface area contributed by atoms with Gasteiger partial charge in [-0.2, -0.15) is 0 Å². The number of rotatable bonds is 10. The molecule has 0 fully saturated rings. The number of aryl methyl sites for hydroxylation is 1. The van der Waals surface area contributed by atoms with Crippen LogP contribution in [0.15, 0.2) is 78.0 Å². The third-order valence-electron chi connectivity index (χ3n) is 5.57. The molecule has 7 heteroatoms. The Morgan fingerprint density at radius 1 is 0.939 bits per heavy atom. The van der Waals surface area contributed by atoms with E-state index in [1.165, 1.54) is 17.7 Å². The second-order valence-corrected chi connectivity index (χ2v) is 9.86. The number of pyridine rings is 1. The highest BCUT2D eigenvalue weighted by Crippen LogP contribution is 2.17. The molecule has 0 saturated carbocycles. The molecule has 33 heavy (non-hydrogen) atoms. The molecular formula is C26H31N3O3S. The predicted octanol–water partition coefficient (Wildman–Crippen LogP) is 4.56. The number of hydrogen-bond donors (Lipinski definition) is 1. The summed E-state index contributed by atoms with van der Waals surface area (Å²) in [5.41, 5.74) is 3.63. The number of nitrogens with zero attached hydrogens (tertiary/aromatic N) is 2. The Morgan fingerprint density at radius 2 is 1.58 bits per heavy atom. The van der Waals surface area contributed by atoms with Crippen molar-refractivity contribution in [1.82, 2.24) is 14.6 Å².